The molecule has 0 aliphatic carbocycles. The molecule has 0 fully saturated rings. The average Bonchev–Trinajstić information content (AvgIpc) is 1.99. The largest absolute Gasteiger partial charge is 0.573 e. The number of nitrogens with two attached hydrogens (primary N) is 1. The molecule has 0 aliphatic rings. The Kier molecular flexibility index (Phi) is 3.10. The number of anilines is 1. The lowest BCUT2D eigenvalue weighted by Crippen LogP contribution is -2.17. The molecule has 0 atom stereocenters. The number of hydrogen-bond acceptors (Lipinski definition) is 2. The van der Waals surface area contributed by atoms with Crippen LogP contribution in [-0.4, -0.2) is 6.36 Å². The van der Waals surface area contributed by atoms with Gasteiger partial charge in [0, 0.05) is 17.6 Å². The van der Waals surface area contributed by atoms with Crippen LogP contribution in [0.2, 0.25) is 0 Å². The molecular weight excluding hydrogens is 219 g/mol. The SMILES string of the molecule is Nc1cc(CCl)cc(OC(F)(F)F)c1. The molecule has 0 amide bonds. The summed E-state index contributed by atoms with van der Waals surface area (Å²) < 4.78 is 39.1. The quantitative estimate of drug-likeness (QED) is 0.621. The van der Waals surface area contributed by atoms with E-state index in [-0.39, 0.29) is 17.3 Å². The summed E-state index contributed by atoms with van der Waals surface area (Å²) in [6, 6.07) is 3.76. The van der Waals surface area contributed by atoms with Crippen molar-refractivity contribution in [1.29, 1.82) is 0 Å². The summed E-state index contributed by atoms with van der Waals surface area (Å²) in [4.78, 5) is 0. The van der Waals surface area contributed by atoms with Crippen molar-refractivity contribution >= 4 is 17.3 Å². The summed E-state index contributed by atoms with van der Waals surface area (Å²) in [5.41, 5.74) is 6.01. The molecule has 1 aromatic carbocycles. The van der Waals surface area contributed by atoms with Crippen LogP contribution >= 0.6 is 11.6 Å². The van der Waals surface area contributed by atoms with E-state index in [1.807, 2.05) is 0 Å². The Balaban J connectivity index is 2.92. The highest BCUT2D eigenvalue weighted by Gasteiger charge is 2.31. The fourth-order valence-corrected chi connectivity index (χ4v) is 1.11. The summed E-state index contributed by atoms with van der Waals surface area (Å²) in [7, 11) is 0. The lowest BCUT2D eigenvalue weighted by Gasteiger charge is -2.10. The Morgan fingerprint density at radius 3 is 2.43 bits per heavy atom. The summed E-state index contributed by atoms with van der Waals surface area (Å²) in [6.07, 6.45) is -4.71. The maximum atomic E-state index is 11.8. The summed E-state index contributed by atoms with van der Waals surface area (Å²) >= 11 is 5.45. The molecule has 1 aromatic rings. The first-order valence-electron chi connectivity index (χ1n) is 3.62. The Hall–Kier alpha value is -1.10. The topological polar surface area (TPSA) is 35.2 Å². The average molecular weight is 226 g/mol. The van der Waals surface area contributed by atoms with Gasteiger partial charge in [-0.25, -0.2) is 0 Å². The molecule has 0 aliphatic heterocycles. The second-order valence-corrected chi connectivity index (χ2v) is 2.86. The normalized spacial score (nSPS) is 11.4. The first-order chi connectivity index (χ1) is 6.40. The van der Waals surface area contributed by atoms with Crippen molar-refractivity contribution in [3.05, 3.63) is 23.8 Å². The first kappa shape index (κ1) is 11.0. The zero-order valence-corrected chi connectivity index (χ0v) is 7.69. The van der Waals surface area contributed by atoms with Crippen LogP contribution in [0.25, 0.3) is 0 Å². The molecule has 6 heteroatoms. The minimum atomic E-state index is -4.71. The number of nitrogen functional groups attached to an aromatic ring is 1. The van der Waals surface area contributed by atoms with E-state index in [4.69, 9.17) is 17.3 Å². The van der Waals surface area contributed by atoms with Crippen molar-refractivity contribution in [2.75, 3.05) is 5.73 Å². The van der Waals surface area contributed by atoms with E-state index >= 15 is 0 Å². The third kappa shape index (κ3) is 3.33. The lowest BCUT2D eigenvalue weighted by molar-refractivity contribution is -0.274. The van der Waals surface area contributed by atoms with Gasteiger partial charge >= 0.3 is 6.36 Å². The molecule has 78 valence electrons. The molecule has 0 unspecified atom stereocenters. The smallest absolute Gasteiger partial charge is 0.406 e. The highest BCUT2D eigenvalue weighted by atomic mass is 35.5. The maximum Gasteiger partial charge on any atom is 0.573 e. The van der Waals surface area contributed by atoms with Crippen LogP contribution in [0, 0.1) is 0 Å². The third-order valence-corrected chi connectivity index (χ3v) is 1.69. The van der Waals surface area contributed by atoms with Crippen molar-refractivity contribution < 1.29 is 17.9 Å². The van der Waals surface area contributed by atoms with Crippen LogP contribution in [0.1, 0.15) is 5.56 Å². The zero-order valence-electron chi connectivity index (χ0n) is 6.94. The second kappa shape index (κ2) is 3.96. The van der Waals surface area contributed by atoms with Crippen LogP contribution < -0.4 is 10.5 Å². The van der Waals surface area contributed by atoms with Gasteiger partial charge in [-0.05, 0) is 17.7 Å². The van der Waals surface area contributed by atoms with Crippen LogP contribution in [0.3, 0.4) is 0 Å². The Bertz CT molecular complexity index is 327. The number of rotatable bonds is 2. The van der Waals surface area contributed by atoms with Gasteiger partial charge in [-0.3, -0.25) is 0 Å². The molecule has 0 saturated heterocycles. The van der Waals surface area contributed by atoms with Crippen LogP contribution in [0.5, 0.6) is 5.75 Å². The number of benzene rings is 1. The Morgan fingerprint density at radius 1 is 1.29 bits per heavy atom. The predicted molar refractivity (Wildman–Crippen MR) is 47.1 cm³/mol. The number of hydrogen-bond donors (Lipinski definition) is 1. The number of ether oxygens (including phenoxy) is 1. The molecule has 0 spiro atoms. The third-order valence-electron chi connectivity index (χ3n) is 1.38. The van der Waals surface area contributed by atoms with Crippen LogP contribution in [0.4, 0.5) is 18.9 Å². The van der Waals surface area contributed by atoms with E-state index in [1.54, 1.807) is 0 Å². The van der Waals surface area contributed by atoms with Crippen molar-refractivity contribution in [3.63, 3.8) is 0 Å². The Labute approximate surface area is 83.4 Å². The summed E-state index contributed by atoms with van der Waals surface area (Å²) in [5.74, 6) is -0.271. The second-order valence-electron chi connectivity index (χ2n) is 2.59. The molecule has 1 rings (SSSR count). The van der Waals surface area contributed by atoms with E-state index in [2.05, 4.69) is 4.74 Å². The van der Waals surface area contributed by atoms with Crippen molar-refractivity contribution in [3.8, 4) is 5.75 Å². The molecule has 2 N–H and O–H groups in total. The van der Waals surface area contributed by atoms with E-state index < -0.39 is 6.36 Å². The molecule has 14 heavy (non-hydrogen) atoms. The molecular formula is C8H7ClF3NO. The molecule has 0 heterocycles. The van der Waals surface area contributed by atoms with Crippen LogP contribution in [-0.2, 0) is 5.88 Å². The van der Waals surface area contributed by atoms with E-state index in [9.17, 15) is 13.2 Å². The minimum absolute atomic E-state index is 0.0826. The van der Waals surface area contributed by atoms with Crippen molar-refractivity contribution in [2.24, 2.45) is 0 Å². The van der Waals surface area contributed by atoms with Crippen LogP contribution in [0.15, 0.2) is 18.2 Å². The monoisotopic (exact) mass is 225 g/mol. The van der Waals surface area contributed by atoms with Gasteiger partial charge in [0.15, 0.2) is 0 Å². The van der Waals surface area contributed by atoms with Gasteiger partial charge in [-0.15, -0.1) is 24.8 Å². The fraction of sp³-hybridized carbons (Fsp3) is 0.250. The molecule has 0 bridgehead atoms. The predicted octanol–water partition coefficient (Wildman–Crippen LogP) is 2.91. The molecule has 0 aromatic heterocycles. The van der Waals surface area contributed by atoms with E-state index in [0.717, 1.165) is 6.07 Å². The van der Waals surface area contributed by atoms with Crippen molar-refractivity contribution in [1.82, 2.24) is 0 Å². The summed E-state index contributed by atoms with van der Waals surface area (Å²) in [6.45, 7) is 0. The standard InChI is InChI=1S/C8H7ClF3NO/c9-4-5-1-6(13)3-7(2-5)14-8(10,11)12/h1-3H,4,13H2. The van der Waals surface area contributed by atoms with Gasteiger partial charge in [0.2, 0.25) is 0 Å². The maximum absolute atomic E-state index is 11.8. The van der Waals surface area contributed by atoms with Crippen molar-refractivity contribution in [2.45, 2.75) is 12.2 Å². The van der Waals surface area contributed by atoms with E-state index in [0.29, 0.717) is 5.56 Å². The van der Waals surface area contributed by atoms with E-state index in [1.165, 1.54) is 12.1 Å². The van der Waals surface area contributed by atoms with Gasteiger partial charge in [-0.1, -0.05) is 0 Å². The Morgan fingerprint density at radius 2 is 1.93 bits per heavy atom. The molecule has 0 saturated carbocycles. The highest BCUT2D eigenvalue weighted by Crippen LogP contribution is 2.26. The van der Waals surface area contributed by atoms with Gasteiger partial charge < -0.3 is 10.5 Å². The first-order valence-corrected chi connectivity index (χ1v) is 4.15. The number of halogens is 4. The molecule has 2 nitrogen and oxygen atoms in total. The highest BCUT2D eigenvalue weighted by molar-refractivity contribution is 6.17. The van der Waals surface area contributed by atoms with Gasteiger partial charge in [0.05, 0.1) is 0 Å². The summed E-state index contributed by atoms with van der Waals surface area (Å²) in [5, 5.41) is 0. The fourth-order valence-electron chi connectivity index (χ4n) is 0.956. The number of alkyl halides is 4. The molecule has 0 radical (unpaired) electrons. The minimum Gasteiger partial charge on any atom is -0.406 e. The van der Waals surface area contributed by atoms with Gasteiger partial charge in [-0.2, -0.15) is 0 Å². The lowest BCUT2D eigenvalue weighted by atomic mass is 10.2. The zero-order chi connectivity index (χ0) is 10.8. The van der Waals surface area contributed by atoms with Gasteiger partial charge in [0.1, 0.15) is 5.75 Å². The van der Waals surface area contributed by atoms with Gasteiger partial charge in [0.25, 0.3) is 0 Å².